The first-order valence-electron chi connectivity index (χ1n) is 9.42. The van der Waals surface area contributed by atoms with Crippen LogP contribution in [0.5, 0.6) is 5.75 Å². The molecule has 0 aliphatic rings. The quantitative estimate of drug-likeness (QED) is 0.557. The van der Waals surface area contributed by atoms with E-state index < -0.39 is 0 Å². The molecule has 0 bridgehead atoms. The monoisotopic (exact) mass is 324 g/mol. The normalized spacial score (nSPS) is 11.7. The van der Waals surface area contributed by atoms with Gasteiger partial charge >= 0.3 is 0 Å². The molecule has 0 saturated carbocycles. The summed E-state index contributed by atoms with van der Waals surface area (Å²) in [5, 5.41) is 10.7. The number of hydrogen-bond donors (Lipinski definition) is 1. The Hall–Kier alpha value is -1.76. The molecular weight excluding hydrogens is 292 g/mol. The number of aryl methyl sites for hydroxylation is 1. The average molecular weight is 325 g/mol. The maximum absolute atomic E-state index is 10.7. The Bertz CT molecular complexity index is 641. The first kappa shape index (κ1) is 18.6. The van der Waals surface area contributed by atoms with Crippen LogP contribution < -0.4 is 0 Å². The molecule has 0 aliphatic carbocycles. The molecule has 0 fully saturated rings. The van der Waals surface area contributed by atoms with Crippen molar-refractivity contribution >= 4 is 0 Å². The number of phenolic OH excluding ortho intramolecular Hbond substituents is 1. The summed E-state index contributed by atoms with van der Waals surface area (Å²) in [6.07, 6.45) is 7.08. The minimum Gasteiger partial charge on any atom is -0.508 e. The molecule has 0 atom stereocenters. The highest BCUT2D eigenvalue weighted by atomic mass is 16.3. The van der Waals surface area contributed by atoms with Crippen molar-refractivity contribution in [2.75, 3.05) is 0 Å². The van der Waals surface area contributed by atoms with E-state index in [1.54, 1.807) is 0 Å². The number of phenols is 1. The van der Waals surface area contributed by atoms with Crippen LogP contribution in [0.4, 0.5) is 0 Å². The molecule has 0 heterocycles. The Morgan fingerprint density at radius 2 is 1.58 bits per heavy atom. The molecule has 0 amide bonds. The van der Waals surface area contributed by atoms with Gasteiger partial charge in [-0.25, -0.2) is 0 Å². The zero-order valence-corrected chi connectivity index (χ0v) is 15.7. The van der Waals surface area contributed by atoms with Crippen LogP contribution in [0.1, 0.15) is 75.6 Å². The minimum atomic E-state index is -0.198. The smallest absolute Gasteiger partial charge is 0.119 e. The molecule has 0 aliphatic heterocycles. The molecule has 0 saturated heterocycles. The highest BCUT2D eigenvalue weighted by molar-refractivity contribution is 5.53. The largest absolute Gasteiger partial charge is 0.508 e. The Morgan fingerprint density at radius 3 is 2.21 bits per heavy atom. The van der Waals surface area contributed by atoms with Crippen molar-refractivity contribution < 1.29 is 5.11 Å². The minimum absolute atomic E-state index is 0.198. The van der Waals surface area contributed by atoms with Gasteiger partial charge in [0, 0.05) is 11.0 Å². The highest BCUT2D eigenvalue weighted by Gasteiger charge is 2.29. The standard InChI is InChI=1S/C23H32O/c1-5-7-8-12-15-20-18(6-2)16-17-21(24)22(20)23(3,4)19-13-10-9-11-14-19/h9-11,13-14,16-17,24H,5-8,12,15H2,1-4H3. The van der Waals surface area contributed by atoms with Crippen molar-refractivity contribution in [3.8, 4) is 5.75 Å². The summed E-state index contributed by atoms with van der Waals surface area (Å²) in [5.74, 6) is 0.437. The van der Waals surface area contributed by atoms with Gasteiger partial charge in [0.25, 0.3) is 0 Å². The van der Waals surface area contributed by atoms with Crippen LogP contribution in [0.2, 0.25) is 0 Å². The van der Waals surface area contributed by atoms with Gasteiger partial charge in [-0.2, -0.15) is 0 Å². The van der Waals surface area contributed by atoms with E-state index in [0.717, 1.165) is 18.4 Å². The molecule has 1 heteroatoms. The molecule has 130 valence electrons. The van der Waals surface area contributed by atoms with Gasteiger partial charge in [-0.1, -0.05) is 83.4 Å². The second-order valence-electron chi connectivity index (χ2n) is 7.25. The predicted molar refractivity (Wildman–Crippen MR) is 104 cm³/mol. The van der Waals surface area contributed by atoms with Gasteiger partial charge in [0.2, 0.25) is 0 Å². The van der Waals surface area contributed by atoms with Crippen molar-refractivity contribution in [3.63, 3.8) is 0 Å². The highest BCUT2D eigenvalue weighted by Crippen LogP contribution is 2.41. The Balaban J connectivity index is 2.47. The van der Waals surface area contributed by atoms with E-state index >= 15 is 0 Å². The third-order valence-corrected chi connectivity index (χ3v) is 5.17. The summed E-state index contributed by atoms with van der Waals surface area (Å²) < 4.78 is 0. The fraction of sp³-hybridized carbons (Fsp3) is 0.478. The first-order chi connectivity index (χ1) is 11.5. The summed E-state index contributed by atoms with van der Waals surface area (Å²) in [5.41, 5.74) is 4.91. The summed E-state index contributed by atoms with van der Waals surface area (Å²) in [4.78, 5) is 0. The Labute approximate surface area is 147 Å². The van der Waals surface area contributed by atoms with E-state index in [1.165, 1.54) is 42.4 Å². The summed E-state index contributed by atoms with van der Waals surface area (Å²) >= 11 is 0. The second-order valence-corrected chi connectivity index (χ2v) is 7.25. The predicted octanol–water partition coefficient (Wildman–Crippen LogP) is 6.40. The number of aromatic hydroxyl groups is 1. The van der Waals surface area contributed by atoms with Crippen LogP contribution in [-0.4, -0.2) is 5.11 Å². The molecular formula is C23H32O. The third kappa shape index (κ3) is 4.01. The fourth-order valence-corrected chi connectivity index (χ4v) is 3.72. The maximum atomic E-state index is 10.7. The van der Waals surface area contributed by atoms with Gasteiger partial charge in [-0.3, -0.25) is 0 Å². The number of hydrogen-bond acceptors (Lipinski definition) is 1. The van der Waals surface area contributed by atoms with E-state index in [9.17, 15) is 5.11 Å². The van der Waals surface area contributed by atoms with Gasteiger partial charge in [0.05, 0.1) is 0 Å². The van der Waals surface area contributed by atoms with E-state index in [2.05, 4.69) is 58.0 Å². The van der Waals surface area contributed by atoms with Crippen molar-refractivity contribution in [1.82, 2.24) is 0 Å². The Morgan fingerprint density at radius 1 is 0.875 bits per heavy atom. The lowest BCUT2D eigenvalue weighted by Crippen LogP contribution is -2.22. The topological polar surface area (TPSA) is 20.2 Å². The van der Waals surface area contributed by atoms with Crippen LogP contribution in [0.3, 0.4) is 0 Å². The van der Waals surface area contributed by atoms with E-state index in [4.69, 9.17) is 0 Å². The van der Waals surface area contributed by atoms with Crippen LogP contribution in [0, 0.1) is 0 Å². The molecule has 0 unspecified atom stereocenters. The molecule has 0 radical (unpaired) electrons. The van der Waals surface area contributed by atoms with E-state index in [1.807, 2.05) is 12.1 Å². The van der Waals surface area contributed by atoms with Gasteiger partial charge in [-0.15, -0.1) is 0 Å². The maximum Gasteiger partial charge on any atom is 0.119 e. The van der Waals surface area contributed by atoms with Crippen molar-refractivity contribution in [3.05, 3.63) is 64.7 Å². The zero-order chi connectivity index (χ0) is 17.6. The van der Waals surface area contributed by atoms with Gasteiger partial charge in [-0.05, 0) is 42.0 Å². The van der Waals surface area contributed by atoms with Crippen LogP contribution in [0.25, 0.3) is 0 Å². The van der Waals surface area contributed by atoms with E-state index in [-0.39, 0.29) is 5.41 Å². The van der Waals surface area contributed by atoms with E-state index in [0.29, 0.717) is 5.75 Å². The van der Waals surface area contributed by atoms with Gasteiger partial charge in [0.15, 0.2) is 0 Å². The average Bonchev–Trinajstić information content (AvgIpc) is 2.59. The lowest BCUT2D eigenvalue weighted by molar-refractivity contribution is 0.449. The molecule has 2 rings (SSSR count). The summed E-state index contributed by atoms with van der Waals surface area (Å²) in [6.45, 7) is 8.91. The third-order valence-electron chi connectivity index (χ3n) is 5.17. The number of rotatable bonds is 8. The fourth-order valence-electron chi connectivity index (χ4n) is 3.72. The SMILES string of the molecule is CCCCCCc1c(CC)ccc(O)c1C(C)(C)c1ccccc1. The number of unbranched alkanes of at least 4 members (excludes halogenated alkanes) is 3. The summed E-state index contributed by atoms with van der Waals surface area (Å²) in [7, 11) is 0. The lowest BCUT2D eigenvalue weighted by atomic mass is 9.73. The van der Waals surface area contributed by atoms with Gasteiger partial charge in [0.1, 0.15) is 5.75 Å². The summed E-state index contributed by atoms with van der Waals surface area (Å²) in [6, 6.07) is 14.5. The molecule has 2 aromatic carbocycles. The molecule has 0 aromatic heterocycles. The molecule has 24 heavy (non-hydrogen) atoms. The zero-order valence-electron chi connectivity index (χ0n) is 15.7. The molecule has 1 N–H and O–H groups in total. The van der Waals surface area contributed by atoms with Gasteiger partial charge < -0.3 is 5.11 Å². The van der Waals surface area contributed by atoms with Crippen molar-refractivity contribution in [2.45, 2.75) is 71.6 Å². The molecule has 1 nitrogen and oxygen atoms in total. The van der Waals surface area contributed by atoms with Crippen molar-refractivity contribution in [1.29, 1.82) is 0 Å². The molecule has 2 aromatic rings. The molecule has 0 spiro atoms. The first-order valence-corrected chi connectivity index (χ1v) is 9.42. The van der Waals surface area contributed by atoms with Crippen LogP contribution in [0.15, 0.2) is 42.5 Å². The van der Waals surface area contributed by atoms with Crippen LogP contribution >= 0.6 is 0 Å². The van der Waals surface area contributed by atoms with Crippen molar-refractivity contribution in [2.24, 2.45) is 0 Å². The Kier molecular flexibility index (Phi) is 6.48. The second kappa shape index (κ2) is 8.37. The number of benzene rings is 2. The van der Waals surface area contributed by atoms with Crippen LogP contribution in [-0.2, 0) is 18.3 Å². The lowest BCUT2D eigenvalue weighted by Gasteiger charge is -2.31.